The van der Waals surface area contributed by atoms with Crippen molar-refractivity contribution < 1.29 is 19.5 Å². The number of fused-ring (bicyclic) bond motifs is 1. The number of rotatable bonds is 7. The van der Waals surface area contributed by atoms with Gasteiger partial charge in [-0.3, -0.25) is 14.5 Å². The fraction of sp³-hybridized carbons (Fsp3) is 0.412. The van der Waals surface area contributed by atoms with Crippen molar-refractivity contribution in [1.29, 1.82) is 0 Å². The summed E-state index contributed by atoms with van der Waals surface area (Å²) in [5.41, 5.74) is 7.01. The van der Waals surface area contributed by atoms with Crippen LogP contribution in [0.1, 0.15) is 15.6 Å². The molecule has 0 aromatic carbocycles. The molecular weight excluding hydrogens is 480 g/mol. The number of aliphatic carboxylic acids is 1. The minimum absolute atomic E-state index is 0.000869. The number of aryl methyl sites for hydroxylation is 2. The Morgan fingerprint density at radius 2 is 2.10 bits per heavy atom. The lowest BCUT2D eigenvalue weighted by atomic mass is 10.0. The number of amides is 2. The second-order valence-corrected chi connectivity index (χ2v) is 11.4. The minimum atomic E-state index is -1.15. The molecule has 4 rings (SSSR count). The molecule has 0 spiro atoms. The molecule has 2 aliphatic rings. The predicted molar refractivity (Wildman–Crippen MR) is 120 cm³/mol. The molecule has 10 nitrogen and oxygen atoms in total. The van der Waals surface area contributed by atoms with Crippen LogP contribution >= 0.6 is 46.2 Å². The number of carboxylic acids is 1. The number of nitrogens with one attached hydrogen (secondary N) is 1. The van der Waals surface area contributed by atoms with Gasteiger partial charge in [-0.2, -0.15) is 0 Å². The number of thiazole rings is 1. The maximum Gasteiger partial charge on any atom is 0.352 e. The number of aromatic nitrogens is 3. The average Bonchev–Trinajstić information content (AvgIpc) is 3.27. The molecule has 4 N–H and O–H groups in total. The second kappa shape index (κ2) is 8.76. The molecule has 0 saturated carbocycles. The third kappa shape index (κ3) is 4.42. The van der Waals surface area contributed by atoms with Crippen molar-refractivity contribution in [3.05, 3.63) is 26.8 Å². The summed E-state index contributed by atoms with van der Waals surface area (Å²) in [6.45, 7) is 3.62. The van der Waals surface area contributed by atoms with Crippen LogP contribution in [0.25, 0.3) is 0 Å². The molecule has 2 aromatic heterocycles. The van der Waals surface area contributed by atoms with E-state index in [9.17, 15) is 19.5 Å². The van der Waals surface area contributed by atoms with E-state index in [1.807, 2.05) is 6.92 Å². The highest BCUT2D eigenvalue weighted by molar-refractivity contribution is 8.01. The standard InChI is InChI=1S/C17H18N6O4S4/c1-6-9(31-16(18)19-6)3-10(24)20-11-13(25)23-12(15(26)27)8(4-28-14(11)23)5-29-17-22-21-7(2)30-17/h11,14H,3-5H2,1-2H3,(H2,18,19)(H,20,24)(H,26,27)/t11?,14-/m0/s1. The molecule has 2 aromatic rings. The van der Waals surface area contributed by atoms with Gasteiger partial charge in [0.1, 0.15) is 22.1 Å². The van der Waals surface area contributed by atoms with Crippen molar-refractivity contribution in [3.8, 4) is 0 Å². The summed E-state index contributed by atoms with van der Waals surface area (Å²) in [4.78, 5) is 43.2. The molecule has 31 heavy (non-hydrogen) atoms. The lowest BCUT2D eigenvalue weighted by molar-refractivity contribution is -0.150. The molecule has 4 heterocycles. The van der Waals surface area contributed by atoms with Crippen LogP contribution in [-0.2, 0) is 20.8 Å². The van der Waals surface area contributed by atoms with Crippen LogP contribution < -0.4 is 11.1 Å². The molecule has 164 valence electrons. The highest BCUT2D eigenvalue weighted by Crippen LogP contribution is 2.41. The first kappa shape index (κ1) is 22.0. The molecular formula is C17H18N6O4S4. The third-order valence-corrected chi connectivity index (χ3v) is 9.06. The number of β-lactam (4-membered cyclic amide) rings is 1. The van der Waals surface area contributed by atoms with E-state index in [2.05, 4.69) is 20.5 Å². The van der Waals surface area contributed by atoms with E-state index in [0.29, 0.717) is 27.9 Å². The summed E-state index contributed by atoms with van der Waals surface area (Å²) in [5, 5.41) is 21.3. The summed E-state index contributed by atoms with van der Waals surface area (Å²) in [6, 6.07) is -0.752. The SMILES string of the molecule is Cc1nnc(SCC2=C(C(=O)O)N3C(=O)C(NC(=O)Cc4sc(N)nc4C)[C@@H]3SC2)s1. The van der Waals surface area contributed by atoms with Gasteiger partial charge in [0.25, 0.3) is 5.91 Å². The first-order valence-corrected chi connectivity index (χ1v) is 12.8. The topological polar surface area (TPSA) is 151 Å². The van der Waals surface area contributed by atoms with Crippen molar-refractivity contribution in [2.24, 2.45) is 0 Å². The number of carboxylic acid groups (broad SMARTS) is 1. The van der Waals surface area contributed by atoms with Gasteiger partial charge in [0.2, 0.25) is 5.91 Å². The van der Waals surface area contributed by atoms with Crippen molar-refractivity contribution in [2.75, 3.05) is 17.2 Å². The zero-order valence-electron chi connectivity index (χ0n) is 16.4. The van der Waals surface area contributed by atoms with Crippen molar-refractivity contribution in [1.82, 2.24) is 25.4 Å². The molecule has 2 atom stereocenters. The van der Waals surface area contributed by atoms with Crippen molar-refractivity contribution in [2.45, 2.75) is 36.0 Å². The maximum absolute atomic E-state index is 12.7. The van der Waals surface area contributed by atoms with Crippen molar-refractivity contribution in [3.63, 3.8) is 0 Å². The zero-order valence-corrected chi connectivity index (χ0v) is 19.7. The smallest absolute Gasteiger partial charge is 0.352 e. The number of nitrogens with two attached hydrogens (primary N) is 1. The van der Waals surface area contributed by atoms with Crippen LogP contribution in [0.2, 0.25) is 0 Å². The molecule has 1 fully saturated rings. The molecule has 14 heteroatoms. The number of thioether (sulfide) groups is 2. The second-order valence-electron chi connectivity index (χ2n) is 6.83. The number of carbonyl (C=O) groups is 3. The summed E-state index contributed by atoms with van der Waals surface area (Å²) in [5.74, 6) is -1.03. The van der Waals surface area contributed by atoms with Gasteiger partial charge < -0.3 is 16.2 Å². The van der Waals surface area contributed by atoms with Gasteiger partial charge in [-0.25, -0.2) is 9.78 Å². The highest BCUT2D eigenvalue weighted by Gasteiger charge is 2.54. The van der Waals surface area contributed by atoms with Gasteiger partial charge in [0, 0.05) is 16.4 Å². The molecule has 2 aliphatic heterocycles. The largest absolute Gasteiger partial charge is 0.477 e. The number of nitrogens with zero attached hydrogens (tertiary/aromatic N) is 4. The van der Waals surface area contributed by atoms with E-state index in [1.54, 1.807) is 6.92 Å². The van der Waals surface area contributed by atoms with Crippen LogP contribution in [0.4, 0.5) is 5.13 Å². The zero-order chi connectivity index (χ0) is 22.3. The number of hydrogen-bond donors (Lipinski definition) is 3. The van der Waals surface area contributed by atoms with Crippen LogP contribution in [0.15, 0.2) is 15.6 Å². The molecule has 1 unspecified atom stereocenters. The monoisotopic (exact) mass is 498 g/mol. The predicted octanol–water partition coefficient (Wildman–Crippen LogP) is 1.27. The molecule has 0 radical (unpaired) electrons. The third-order valence-electron chi connectivity index (χ3n) is 4.67. The Kier molecular flexibility index (Phi) is 6.23. The normalized spacial score (nSPS) is 20.5. The Morgan fingerprint density at radius 3 is 2.71 bits per heavy atom. The van der Waals surface area contributed by atoms with Gasteiger partial charge in [0.15, 0.2) is 9.47 Å². The highest BCUT2D eigenvalue weighted by atomic mass is 32.2. The van der Waals surface area contributed by atoms with Crippen molar-refractivity contribution >= 4 is 69.1 Å². The van der Waals surface area contributed by atoms with Gasteiger partial charge in [-0.05, 0) is 19.4 Å². The Hall–Kier alpha value is -2.16. The number of carbonyl (C=O) groups excluding carboxylic acids is 2. The summed E-state index contributed by atoms with van der Waals surface area (Å²) in [7, 11) is 0. The van der Waals surface area contributed by atoms with E-state index >= 15 is 0 Å². The Labute approximate surface area is 193 Å². The minimum Gasteiger partial charge on any atom is -0.477 e. The summed E-state index contributed by atoms with van der Waals surface area (Å²) < 4.78 is 0.751. The fourth-order valence-electron chi connectivity index (χ4n) is 3.26. The summed E-state index contributed by atoms with van der Waals surface area (Å²) >= 11 is 5.52. The molecule has 0 aliphatic carbocycles. The van der Waals surface area contributed by atoms with E-state index < -0.39 is 23.3 Å². The molecule has 2 amide bonds. The molecule has 0 bridgehead atoms. The first-order valence-electron chi connectivity index (χ1n) is 9.08. The van der Waals surface area contributed by atoms with Gasteiger partial charge in [-0.1, -0.05) is 23.1 Å². The Morgan fingerprint density at radius 1 is 1.32 bits per heavy atom. The van der Waals surface area contributed by atoms with E-state index in [4.69, 9.17) is 5.73 Å². The quantitative estimate of drug-likeness (QED) is 0.376. The number of anilines is 1. The first-order chi connectivity index (χ1) is 14.7. The molecule has 1 saturated heterocycles. The van der Waals surface area contributed by atoms with E-state index in [0.717, 1.165) is 14.2 Å². The van der Waals surface area contributed by atoms with Gasteiger partial charge in [-0.15, -0.1) is 33.3 Å². The Balaban J connectivity index is 1.43. The van der Waals surface area contributed by atoms with Crippen LogP contribution in [-0.4, -0.2) is 65.9 Å². The maximum atomic E-state index is 12.7. The average molecular weight is 499 g/mol. The summed E-state index contributed by atoms with van der Waals surface area (Å²) in [6.07, 6.45) is 0.0760. The lowest BCUT2D eigenvalue weighted by Crippen LogP contribution is -2.70. The van der Waals surface area contributed by atoms with E-state index in [-0.39, 0.29) is 18.0 Å². The van der Waals surface area contributed by atoms with Gasteiger partial charge >= 0.3 is 5.97 Å². The number of hydrogen-bond acceptors (Lipinski definition) is 11. The van der Waals surface area contributed by atoms with Crippen LogP contribution in [0.3, 0.4) is 0 Å². The Bertz CT molecular complexity index is 1100. The number of nitrogen functional groups attached to an aromatic ring is 1. The van der Waals surface area contributed by atoms with Crippen LogP contribution in [0, 0.1) is 13.8 Å². The van der Waals surface area contributed by atoms with Gasteiger partial charge in [0.05, 0.1) is 12.1 Å². The van der Waals surface area contributed by atoms with E-state index in [1.165, 1.54) is 51.1 Å². The van der Waals surface area contributed by atoms with Crippen LogP contribution in [0.5, 0.6) is 0 Å². The lowest BCUT2D eigenvalue weighted by Gasteiger charge is -2.49. The fourth-order valence-corrected chi connectivity index (χ4v) is 7.40.